The van der Waals surface area contributed by atoms with Crippen molar-refractivity contribution in [2.75, 3.05) is 11.1 Å². The summed E-state index contributed by atoms with van der Waals surface area (Å²) in [6.07, 6.45) is 3.39. The van der Waals surface area contributed by atoms with Gasteiger partial charge in [-0.2, -0.15) is 0 Å². The zero-order valence-electron chi connectivity index (χ0n) is 15.8. The van der Waals surface area contributed by atoms with E-state index in [0.29, 0.717) is 23.3 Å². The van der Waals surface area contributed by atoms with Crippen LogP contribution in [0.5, 0.6) is 5.75 Å². The van der Waals surface area contributed by atoms with Crippen LogP contribution in [0, 0.1) is 6.92 Å². The number of carbonyl (C=O) groups excluding carboxylic acids is 1. The minimum atomic E-state index is -0.171. The molecule has 0 aliphatic carbocycles. The first-order chi connectivity index (χ1) is 14.0. The summed E-state index contributed by atoms with van der Waals surface area (Å²) in [5, 5.41) is 11.8. The van der Waals surface area contributed by atoms with E-state index >= 15 is 0 Å². The number of aryl methyl sites for hydroxylation is 1. The molecule has 0 spiro atoms. The monoisotopic (exact) mass is 473 g/mol. The molecule has 0 aliphatic rings. The van der Waals surface area contributed by atoms with Gasteiger partial charge in [-0.3, -0.25) is 9.36 Å². The van der Waals surface area contributed by atoms with Crippen LogP contribution in [0.15, 0.2) is 64.9 Å². The van der Waals surface area contributed by atoms with Gasteiger partial charge >= 0.3 is 0 Å². The van der Waals surface area contributed by atoms with Crippen LogP contribution in [0.1, 0.15) is 11.4 Å². The Bertz CT molecular complexity index is 991. The second kappa shape index (κ2) is 10.2. The van der Waals surface area contributed by atoms with Crippen molar-refractivity contribution in [2.24, 2.45) is 0 Å². The fourth-order valence-corrected chi connectivity index (χ4v) is 3.46. The Morgan fingerprint density at radius 3 is 2.93 bits per heavy atom. The lowest BCUT2D eigenvalue weighted by Gasteiger charge is -2.09. The number of halogens is 1. The summed E-state index contributed by atoms with van der Waals surface area (Å²) >= 11 is 4.61. The van der Waals surface area contributed by atoms with Crippen molar-refractivity contribution in [3.63, 3.8) is 0 Å². The summed E-state index contributed by atoms with van der Waals surface area (Å²) in [5.74, 6) is 1.96. The maximum atomic E-state index is 12.2. The molecule has 2 aromatic heterocycles. The van der Waals surface area contributed by atoms with Gasteiger partial charge < -0.3 is 10.1 Å². The lowest BCUT2D eigenvalue weighted by Crippen LogP contribution is -2.15. The molecule has 1 amide bonds. The number of allylic oxidation sites excluding steroid dienone is 1. The Kier molecular flexibility index (Phi) is 7.42. The lowest BCUT2D eigenvalue weighted by molar-refractivity contribution is -0.113. The highest BCUT2D eigenvalue weighted by Gasteiger charge is 2.14. The third-order valence-corrected chi connectivity index (χ3v) is 5.23. The van der Waals surface area contributed by atoms with Gasteiger partial charge in [-0.25, -0.2) is 4.98 Å². The minimum absolute atomic E-state index is 0.171. The molecule has 29 heavy (non-hydrogen) atoms. The van der Waals surface area contributed by atoms with Crippen LogP contribution in [-0.2, 0) is 17.9 Å². The Hall–Kier alpha value is -2.65. The van der Waals surface area contributed by atoms with Gasteiger partial charge in [-0.1, -0.05) is 30.0 Å². The third kappa shape index (κ3) is 6.16. The van der Waals surface area contributed by atoms with Crippen molar-refractivity contribution in [1.82, 2.24) is 19.7 Å². The normalized spacial score (nSPS) is 10.6. The summed E-state index contributed by atoms with van der Waals surface area (Å²) in [7, 11) is 0. The predicted octanol–water partition coefficient (Wildman–Crippen LogP) is 4.24. The number of nitrogens with zero attached hydrogens (tertiary/aromatic N) is 4. The number of hydrogen-bond acceptors (Lipinski definition) is 6. The lowest BCUT2D eigenvalue weighted by atomic mass is 10.2. The smallest absolute Gasteiger partial charge is 0.236 e. The van der Waals surface area contributed by atoms with E-state index < -0.39 is 0 Å². The van der Waals surface area contributed by atoms with Crippen molar-refractivity contribution in [3.8, 4) is 5.75 Å². The standard InChI is InChI=1S/C20H20BrN5O2S/c1-3-9-26-18(12-28-16-6-4-5-14(2)10-16)24-25-20(26)29-13-19(27)23-17-8-7-15(21)11-22-17/h3-8,10-11H,1,9,12-13H2,2H3,(H,22,23,27). The molecular formula is C20H20BrN5O2S. The second-order valence-corrected chi connectivity index (χ2v) is 7.96. The second-order valence-electron chi connectivity index (χ2n) is 6.10. The van der Waals surface area contributed by atoms with E-state index in [1.165, 1.54) is 11.8 Å². The van der Waals surface area contributed by atoms with Crippen LogP contribution in [-0.4, -0.2) is 31.4 Å². The molecule has 0 atom stereocenters. The van der Waals surface area contributed by atoms with Gasteiger partial charge in [0.05, 0.1) is 5.75 Å². The molecule has 9 heteroatoms. The average Bonchev–Trinajstić information content (AvgIpc) is 3.09. The summed E-state index contributed by atoms with van der Waals surface area (Å²) in [4.78, 5) is 16.3. The summed E-state index contributed by atoms with van der Waals surface area (Å²) in [5.41, 5.74) is 1.12. The number of rotatable bonds is 9. The number of benzene rings is 1. The first kappa shape index (κ1) is 21.1. The van der Waals surface area contributed by atoms with E-state index in [0.717, 1.165) is 15.8 Å². The minimum Gasteiger partial charge on any atom is -0.486 e. The topological polar surface area (TPSA) is 81.9 Å². The van der Waals surface area contributed by atoms with Gasteiger partial charge in [0.15, 0.2) is 11.0 Å². The van der Waals surface area contributed by atoms with Gasteiger partial charge in [0.2, 0.25) is 5.91 Å². The number of carbonyl (C=O) groups is 1. The van der Waals surface area contributed by atoms with Gasteiger partial charge in [-0.05, 0) is 52.7 Å². The molecule has 0 aliphatic heterocycles. The van der Waals surface area contributed by atoms with Crippen molar-refractivity contribution >= 4 is 39.4 Å². The Morgan fingerprint density at radius 2 is 2.21 bits per heavy atom. The molecule has 150 valence electrons. The van der Waals surface area contributed by atoms with Crippen LogP contribution in [0.3, 0.4) is 0 Å². The summed E-state index contributed by atoms with van der Waals surface area (Å²) in [6, 6.07) is 11.4. The summed E-state index contributed by atoms with van der Waals surface area (Å²) in [6.45, 7) is 6.60. The molecule has 0 fully saturated rings. The van der Waals surface area contributed by atoms with E-state index in [1.54, 1.807) is 18.3 Å². The molecule has 0 saturated carbocycles. The van der Waals surface area contributed by atoms with Crippen LogP contribution in [0.2, 0.25) is 0 Å². The van der Waals surface area contributed by atoms with Gasteiger partial charge in [0.25, 0.3) is 0 Å². The highest BCUT2D eigenvalue weighted by molar-refractivity contribution is 9.10. The van der Waals surface area contributed by atoms with E-state index in [4.69, 9.17) is 4.74 Å². The fourth-order valence-electron chi connectivity index (χ4n) is 2.46. The Morgan fingerprint density at radius 1 is 1.34 bits per heavy atom. The van der Waals surface area contributed by atoms with Gasteiger partial charge in [0, 0.05) is 17.2 Å². The molecule has 0 radical (unpaired) electrons. The molecule has 0 bridgehead atoms. The fraction of sp³-hybridized carbons (Fsp3) is 0.200. The first-order valence-electron chi connectivity index (χ1n) is 8.82. The molecule has 3 aromatic rings. The molecule has 3 rings (SSSR count). The first-order valence-corrected chi connectivity index (χ1v) is 10.6. The van der Waals surface area contributed by atoms with Gasteiger partial charge in [-0.15, -0.1) is 16.8 Å². The number of pyridine rings is 1. The quantitative estimate of drug-likeness (QED) is 0.369. The van der Waals surface area contributed by atoms with E-state index in [9.17, 15) is 4.79 Å². The summed E-state index contributed by atoms with van der Waals surface area (Å²) < 4.78 is 8.57. The van der Waals surface area contributed by atoms with Crippen molar-refractivity contribution in [2.45, 2.75) is 25.2 Å². The number of anilines is 1. The molecule has 2 heterocycles. The SMILES string of the molecule is C=CCn1c(COc2cccc(C)c2)nnc1SCC(=O)Nc1ccc(Br)cn1. The highest BCUT2D eigenvalue weighted by Crippen LogP contribution is 2.20. The largest absolute Gasteiger partial charge is 0.486 e. The zero-order valence-corrected chi connectivity index (χ0v) is 18.2. The molecule has 7 nitrogen and oxygen atoms in total. The Balaban J connectivity index is 1.60. The molecule has 1 aromatic carbocycles. The van der Waals surface area contributed by atoms with E-state index in [-0.39, 0.29) is 18.3 Å². The maximum absolute atomic E-state index is 12.2. The number of hydrogen-bond donors (Lipinski definition) is 1. The van der Waals surface area contributed by atoms with E-state index in [2.05, 4.69) is 43.0 Å². The van der Waals surface area contributed by atoms with Crippen molar-refractivity contribution in [3.05, 3.63) is 71.1 Å². The Labute approximate surface area is 181 Å². The van der Waals surface area contributed by atoms with Crippen LogP contribution in [0.25, 0.3) is 0 Å². The average molecular weight is 474 g/mol. The molecular weight excluding hydrogens is 454 g/mol. The highest BCUT2D eigenvalue weighted by atomic mass is 79.9. The molecule has 1 N–H and O–H groups in total. The number of aromatic nitrogens is 4. The molecule has 0 unspecified atom stereocenters. The third-order valence-electron chi connectivity index (χ3n) is 3.79. The maximum Gasteiger partial charge on any atom is 0.236 e. The zero-order chi connectivity index (χ0) is 20.6. The van der Waals surface area contributed by atoms with Crippen LogP contribution < -0.4 is 10.1 Å². The van der Waals surface area contributed by atoms with Crippen LogP contribution in [0.4, 0.5) is 5.82 Å². The van der Waals surface area contributed by atoms with E-state index in [1.807, 2.05) is 41.8 Å². The van der Waals surface area contributed by atoms with Crippen molar-refractivity contribution < 1.29 is 9.53 Å². The van der Waals surface area contributed by atoms with Gasteiger partial charge in [0.1, 0.15) is 18.2 Å². The number of nitrogens with one attached hydrogen (secondary N) is 1. The predicted molar refractivity (Wildman–Crippen MR) is 117 cm³/mol. The number of thioether (sulfide) groups is 1. The molecule has 0 saturated heterocycles. The number of amides is 1. The van der Waals surface area contributed by atoms with Crippen LogP contribution >= 0.6 is 27.7 Å². The number of ether oxygens (including phenoxy) is 1. The van der Waals surface area contributed by atoms with Crippen molar-refractivity contribution in [1.29, 1.82) is 0 Å².